The van der Waals surface area contributed by atoms with Gasteiger partial charge in [0.15, 0.2) is 0 Å². The van der Waals surface area contributed by atoms with E-state index in [9.17, 15) is 9.18 Å². The van der Waals surface area contributed by atoms with Gasteiger partial charge < -0.3 is 15.1 Å². The van der Waals surface area contributed by atoms with Crippen molar-refractivity contribution in [1.82, 2.24) is 15.1 Å². The minimum absolute atomic E-state index is 0.132. The molecule has 2 amide bonds. The van der Waals surface area contributed by atoms with Crippen LogP contribution in [0.3, 0.4) is 0 Å². The van der Waals surface area contributed by atoms with Crippen molar-refractivity contribution in [2.24, 2.45) is 5.92 Å². The molecule has 2 aliphatic heterocycles. The first-order valence-corrected chi connectivity index (χ1v) is 11.2. The predicted molar refractivity (Wildman–Crippen MR) is 110 cm³/mol. The maximum atomic E-state index is 13.5. The van der Waals surface area contributed by atoms with Crippen LogP contribution in [0.4, 0.5) is 9.18 Å². The molecular formula is C22H31ClFN3O. The molecule has 1 unspecified atom stereocenters. The average molecular weight is 408 g/mol. The van der Waals surface area contributed by atoms with Crippen molar-refractivity contribution < 1.29 is 9.18 Å². The summed E-state index contributed by atoms with van der Waals surface area (Å²) in [6.45, 7) is 3.85. The summed E-state index contributed by atoms with van der Waals surface area (Å²) in [5.74, 6) is 0.337. The zero-order valence-electron chi connectivity index (χ0n) is 16.5. The second kappa shape index (κ2) is 9.00. The van der Waals surface area contributed by atoms with Gasteiger partial charge in [-0.05, 0) is 74.9 Å². The van der Waals surface area contributed by atoms with E-state index < -0.39 is 0 Å². The van der Waals surface area contributed by atoms with Gasteiger partial charge in [-0.25, -0.2) is 9.18 Å². The van der Waals surface area contributed by atoms with Gasteiger partial charge >= 0.3 is 6.03 Å². The smallest absolute Gasteiger partial charge is 0.318 e. The largest absolute Gasteiger partial charge is 0.332 e. The van der Waals surface area contributed by atoms with E-state index in [0.29, 0.717) is 17.0 Å². The molecule has 1 N–H and O–H groups in total. The van der Waals surface area contributed by atoms with Crippen molar-refractivity contribution in [2.75, 3.05) is 26.2 Å². The number of nitrogens with one attached hydrogen (secondary N) is 1. The molecule has 1 aromatic rings. The summed E-state index contributed by atoms with van der Waals surface area (Å²) < 4.78 is 13.5. The second-order valence-corrected chi connectivity index (χ2v) is 9.18. The molecule has 3 aliphatic rings. The fraction of sp³-hybridized carbons (Fsp3) is 0.682. The molecule has 154 valence electrons. The van der Waals surface area contributed by atoms with Gasteiger partial charge in [-0.1, -0.05) is 30.9 Å². The Hall–Kier alpha value is -1.33. The van der Waals surface area contributed by atoms with Gasteiger partial charge in [0.1, 0.15) is 5.82 Å². The van der Waals surface area contributed by atoms with Gasteiger partial charge in [0, 0.05) is 24.2 Å². The van der Waals surface area contributed by atoms with Crippen molar-refractivity contribution in [3.05, 3.63) is 34.6 Å². The molecule has 0 aromatic heterocycles. The number of likely N-dealkylation sites (tertiary alicyclic amines) is 1. The lowest BCUT2D eigenvalue weighted by Crippen LogP contribution is -2.43. The summed E-state index contributed by atoms with van der Waals surface area (Å²) in [6.07, 6.45) is 9.18. The van der Waals surface area contributed by atoms with Gasteiger partial charge in [0.2, 0.25) is 0 Å². The Morgan fingerprint density at radius 3 is 2.61 bits per heavy atom. The van der Waals surface area contributed by atoms with E-state index in [2.05, 4.69) is 15.1 Å². The van der Waals surface area contributed by atoms with Gasteiger partial charge in [-0.2, -0.15) is 0 Å². The van der Waals surface area contributed by atoms with E-state index in [-0.39, 0.29) is 17.9 Å². The lowest BCUT2D eigenvalue weighted by atomic mass is 9.90. The molecule has 4 rings (SSSR count). The summed E-state index contributed by atoms with van der Waals surface area (Å²) in [4.78, 5) is 17.0. The molecule has 6 heteroatoms. The Morgan fingerprint density at radius 2 is 1.86 bits per heavy atom. The summed E-state index contributed by atoms with van der Waals surface area (Å²) in [5, 5.41) is 3.87. The molecule has 0 bridgehead atoms. The van der Waals surface area contributed by atoms with Crippen molar-refractivity contribution in [3.63, 3.8) is 0 Å². The molecule has 0 spiro atoms. The zero-order valence-corrected chi connectivity index (χ0v) is 17.3. The maximum Gasteiger partial charge on any atom is 0.318 e. The normalized spacial score (nSPS) is 25.3. The molecule has 2 saturated heterocycles. The lowest BCUT2D eigenvalue weighted by Gasteiger charge is -2.34. The van der Waals surface area contributed by atoms with Gasteiger partial charge in [0.25, 0.3) is 0 Å². The van der Waals surface area contributed by atoms with E-state index in [1.807, 2.05) is 0 Å². The van der Waals surface area contributed by atoms with E-state index in [1.54, 1.807) is 12.1 Å². The van der Waals surface area contributed by atoms with Crippen molar-refractivity contribution >= 4 is 17.6 Å². The van der Waals surface area contributed by atoms with Crippen molar-refractivity contribution in [1.29, 1.82) is 0 Å². The first-order chi connectivity index (χ1) is 13.6. The minimum Gasteiger partial charge on any atom is -0.332 e. The zero-order chi connectivity index (χ0) is 19.5. The number of piperidine rings is 1. The molecule has 1 aromatic carbocycles. The van der Waals surface area contributed by atoms with E-state index in [0.717, 1.165) is 63.8 Å². The molecule has 1 atom stereocenters. The van der Waals surface area contributed by atoms with E-state index >= 15 is 0 Å². The standard InChI is InChI=1S/C22H31ClFN3O/c23-21-7-6-18(24)13-17(21)12-16-8-10-26(11-9-16)14-19-15-27(22(28)25-19)20-4-2-1-3-5-20/h6-7,13,16,19-20H,1-5,8-12,14-15H2,(H,25,28). The number of carbonyl (C=O) groups is 1. The Morgan fingerprint density at radius 1 is 1.11 bits per heavy atom. The third-order valence-electron chi connectivity index (χ3n) is 6.72. The van der Waals surface area contributed by atoms with Crippen LogP contribution in [0.2, 0.25) is 5.02 Å². The molecule has 1 aliphatic carbocycles. The summed E-state index contributed by atoms with van der Waals surface area (Å²) in [6, 6.07) is 5.46. The average Bonchev–Trinajstić information content (AvgIpc) is 3.07. The number of hydrogen-bond acceptors (Lipinski definition) is 2. The summed E-state index contributed by atoms with van der Waals surface area (Å²) in [7, 11) is 0. The lowest BCUT2D eigenvalue weighted by molar-refractivity contribution is 0.163. The Balaban J connectivity index is 1.23. The van der Waals surface area contributed by atoms with Crippen LogP contribution in [0, 0.1) is 11.7 Å². The number of carbonyl (C=O) groups excluding carboxylic acids is 1. The highest BCUT2D eigenvalue weighted by molar-refractivity contribution is 6.31. The quantitative estimate of drug-likeness (QED) is 0.782. The molecule has 2 heterocycles. The number of rotatable bonds is 5. The molecule has 0 radical (unpaired) electrons. The fourth-order valence-electron chi connectivity index (χ4n) is 5.13. The monoisotopic (exact) mass is 407 g/mol. The van der Waals surface area contributed by atoms with Crippen LogP contribution in [-0.4, -0.2) is 54.1 Å². The van der Waals surface area contributed by atoms with Crippen molar-refractivity contribution in [2.45, 2.75) is 63.5 Å². The number of benzene rings is 1. The molecular weight excluding hydrogens is 377 g/mol. The number of urea groups is 1. The van der Waals surface area contributed by atoms with Gasteiger partial charge in [-0.15, -0.1) is 0 Å². The van der Waals surface area contributed by atoms with Crippen molar-refractivity contribution in [3.8, 4) is 0 Å². The Kier molecular flexibility index (Phi) is 6.42. The third-order valence-corrected chi connectivity index (χ3v) is 7.09. The maximum absolute atomic E-state index is 13.5. The first-order valence-electron chi connectivity index (χ1n) is 10.8. The van der Waals surface area contributed by atoms with Crippen LogP contribution in [0.5, 0.6) is 0 Å². The second-order valence-electron chi connectivity index (χ2n) is 8.77. The third kappa shape index (κ3) is 4.80. The number of nitrogens with zero attached hydrogens (tertiary/aromatic N) is 2. The van der Waals surface area contributed by atoms with E-state index in [1.165, 1.54) is 25.3 Å². The van der Waals surface area contributed by atoms with Gasteiger partial charge in [0.05, 0.1) is 6.04 Å². The summed E-state index contributed by atoms with van der Waals surface area (Å²) in [5.41, 5.74) is 0.922. The molecule has 4 nitrogen and oxygen atoms in total. The molecule has 28 heavy (non-hydrogen) atoms. The Labute approximate surface area is 172 Å². The van der Waals surface area contributed by atoms with Crippen LogP contribution >= 0.6 is 11.6 Å². The van der Waals surface area contributed by atoms with Crippen LogP contribution < -0.4 is 5.32 Å². The van der Waals surface area contributed by atoms with Crippen LogP contribution in [0.1, 0.15) is 50.5 Å². The SMILES string of the molecule is O=C1NC(CN2CCC(Cc3cc(F)ccc3Cl)CC2)CN1C1CCCCC1. The topological polar surface area (TPSA) is 35.6 Å². The highest BCUT2D eigenvalue weighted by Gasteiger charge is 2.35. The predicted octanol–water partition coefficient (Wildman–Crippen LogP) is 4.46. The molecule has 1 saturated carbocycles. The minimum atomic E-state index is -0.212. The molecule has 3 fully saturated rings. The van der Waals surface area contributed by atoms with Crippen LogP contribution in [-0.2, 0) is 6.42 Å². The highest BCUT2D eigenvalue weighted by atomic mass is 35.5. The number of halogens is 2. The van der Waals surface area contributed by atoms with Crippen LogP contribution in [0.25, 0.3) is 0 Å². The first kappa shape index (κ1) is 20.0. The summed E-state index contributed by atoms with van der Waals surface area (Å²) >= 11 is 6.23. The van der Waals surface area contributed by atoms with E-state index in [4.69, 9.17) is 11.6 Å². The van der Waals surface area contributed by atoms with Gasteiger partial charge in [-0.3, -0.25) is 0 Å². The van der Waals surface area contributed by atoms with Crippen LogP contribution in [0.15, 0.2) is 18.2 Å². The highest BCUT2D eigenvalue weighted by Crippen LogP contribution is 2.28. The number of hydrogen-bond donors (Lipinski definition) is 1. The number of amides is 2. The fourth-order valence-corrected chi connectivity index (χ4v) is 5.32. The Bertz CT molecular complexity index is 686.